The van der Waals surface area contributed by atoms with Gasteiger partial charge in [0, 0.05) is 18.7 Å². The summed E-state index contributed by atoms with van der Waals surface area (Å²) in [5.41, 5.74) is 6.37. The van der Waals surface area contributed by atoms with Gasteiger partial charge in [-0.3, -0.25) is 9.59 Å². The molecular weight excluding hydrogens is 318 g/mol. The zero-order valence-electron chi connectivity index (χ0n) is 13.3. The predicted molar refractivity (Wildman–Crippen MR) is 92.3 cm³/mol. The highest BCUT2D eigenvalue weighted by atomic mass is 35.5. The Hall–Kier alpha value is -1.79. The van der Waals surface area contributed by atoms with Gasteiger partial charge in [-0.2, -0.15) is 0 Å². The lowest BCUT2D eigenvalue weighted by atomic mass is 10.1. The maximum atomic E-state index is 12.5. The number of likely N-dealkylation sites (tertiary alicyclic amines) is 1. The summed E-state index contributed by atoms with van der Waals surface area (Å²) in [6, 6.07) is 5.11. The topological polar surface area (TPSA) is 84.7 Å². The number of anilines is 1. The maximum Gasteiger partial charge on any atom is 0.253 e. The molecule has 0 bridgehead atoms. The van der Waals surface area contributed by atoms with E-state index in [2.05, 4.69) is 5.32 Å². The van der Waals surface area contributed by atoms with Crippen molar-refractivity contribution in [1.82, 2.24) is 4.90 Å². The molecule has 128 valence electrons. The highest BCUT2D eigenvalue weighted by molar-refractivity contribution is 5.98. The summed E-state index contributed by atoms with van der Waals surface area (Å²) >= 11 is 0. The molecule has 7 heteroatoms. The quantitative estimate of drug-likeness (QED) is 0.858. The van der Waals surface area contributed by atoms with Gasteiger partial charge in [-0.15, -0.1) is 12.4 Å². The average Bonchev–Trinajstić information content (AvgIpc) is 2.56. The van der Waals surface area contributed by atoms with E-state index in [1.54, 1.807) is 18.2 Å². The normalized spacial score (nSPS) is 13.9. The molecule has 1 aliphatic heterocycles. The summed E-state index contributed by atoms with van der Waals surface area (Å²) in [6.45, 7) is 3.80. The van der Waals surface area contributed by atoms with E-state index in [1.165, 1.54) is 6.42 Å². The summed E-state index contributed by atoms with van der Waals surface area (Å²) < 4.78 is 5.48. The zero-order chi connectivity index (χ0) is 15.9. The molecule has 0 atom stereocenters. The first-order chi connectivity index (χ1) is 10.7. The maximum absolute atomic E-state index is 12.5. The van der Waals surface area contributed by atoms with Gasteiger partial charge in [0.2, 0.25) is 5.91 Å². The molecule has 6 nitrogen and oxygen atoms in total. The van der Waals surface area contributed by atoms with Gasteiger partial charge >= 0.3 is 0 Å². The number of benzene rings is 1. The van der Waals surface area contributed by atoms with Crippen LogP contribution in [0.5, 0.6) is 5.75 Å². The smallest absolute Gasteiger partial charge is 0.253 e. The highest BCUT2D eigenvalue weighted by Gasteiger charge is 2.19. The van der Waals surface area contributed by atoms with Crippen LogP contribution < -0.4 is 15.8 Å². The number of amides is 2. The Balaban J connectivity index is 0.00000264. The molecule has 1 aliphatic rings. The number of rotatable bonds is 5. The minimum atomic E-state index is -0.316. The predicted octanol–water partition coefficient (Wildman–Crippen LogP) is 2.03. The van der Waals surface area contributed by atoms with Crippen LogP contribution in [0.25, 0.3) is 0 Å². The Labute approximate surface area is 142 Å². The van der Waals surface area contributed by atoms with Crippen molar-refractivity contribution in [3.63, 3.8) is 0 Å². The second kappa shape index (κ2) is 9.37. The first-order valence-electron chi connectivity index (χ1n) is 7.71. The van der Waals surface area contributed by atoms with E-state index in [-0.39, 0.29) is 30.8 Å². The Bertz CT molecular complexity index is 545. The fourth-order valence-electron chi connectivity index (χ4n) is 2.52. The lowest BCUT2D eigenvalue weighted by molar-refractivity contribution is -0.114. The molecule has 2 amide bonds. The second-order valence-corrected chi connectivity index (χ2v) is 5.25. The number of hydrogen-bond acceptors (Lipinski definition) is 4. The number of nitrogens with two attached hydrogens (primary N) is 1. The summed E-state index contributed by atoms with van der Waals surface area (Å²) in [7, 11) is 0. The third kappa shape index (κ3) is 5.11. The van der Waals surface area contributed by atoms with Gasteiger partial charge in [-0.05, 0) is 44.4 Å². The van der Waals surface area contributed by atoms with Gasteiger partial charge in [-0.25, -0.2) is 0 Å². The lowest BCUT2D eigenvalue weighted by Crippen LogP contribution is -2.35. The molecule has 3 N–H and O–H groups in total. The summed E-state index contributed by atoms with van der Waals surface area (Å²) in [4.78, 5) is 25.9. The van der Waals surface area contributed by atoms with Crippen molar-refractivity contribution in [3.05, 3.63) is 23.8 Å². The number of ether oxygens (including phenoxy) is 1. The van der Waals surface area contributed by atoms with E-state index in [0.717, 1.165) is 25.9 Å². The van der Waals surface area contributed by atoms with Crippen LogP contribution in [0.15, 0.2) is 18.2 Å². The first kappa shape index (κ1) is 19.3. The van der Waals surface area contributed by atoms with E-state index < -0.39 is 0 Å². The van der Waals surface area contributed by atoms with Crippen LogP contribution in [0.4, 0.5) is 5.69 Å². The van der Waals surface area contributed by atoms with E-state index in [1.807, 2.05) is 11.8 Å². The molecule has 0 aromatic heterocycles. The molecule has 1 fully saturated rings. The van der Waals surface area contributed by atoms with Crippen molar-refractivity contribution in [2.45, 2.75) is 26.2 Å². The number of hydrogen-bond donors (Lipinski definition) is 2. The fourth-order valence-corrected chi connectivity index (χ4v) is 2.52. The van der Waals surface area contributed by atoms with E-state index in [9.17, 15) is 9.59 Å². The van der Waals surface area contributed by atoms with Crippen molar-refractivity contribution in [3.8, 4) is 5.75 Å². The number of piperidine rings is 1. The molecule has 0 radical (unpaired) electrons. The van der Waals surface area contributed by atoms with Crippen LogP contribution in [0.3, 0.4) is 0 Å². The highest BCUT2D eigenvalue weighted by Crippen LogP contribution is 2.27. The largest absolute Gasteiger partial charge is 0.492 e. The fraction of sp³-hybridized carbons (Fsp3) is 0.500. The molecule has 0 unspecified atom stereocenters. The van der Waals surface area contributed by atoms with Crippen LogP contribution in [0.1, 0.15) is 36.5 Å². The number of nitrogens with zero attached hydrogens (tertiary/aromatic N) is 1. The molecule has 0 aliphatic carbocycles. The second-order valence-electron chi connectivity index (χ2n) is 5.25. The molecule has 1 heterocycles. The van der Waals surface area contributed by atoms with Gasteiger partial charge in [-0.1, -0.05) is 0 Å². The van der Waals surface area contributed by atoms with Crippen LogP contribution >= 0.6 is 12.4 Å². The minimum absolute atomic E-state index is 0. The average molecular weight is 342 g/mol. The van der Waals surface area contributed by atoms with Crippen molar-refractivity contribution < 1.29 is 14.3 Å². The lowest BCUT2D eigenvalue weighted by Gasteiger charge is -2.27. The number of carbonyl (C=O) groups is 2. The molecule has 0 saturated carbocycles. The monoisotopic (exact) mass is 341 g/mol. The molecule has 1 aromatic carbocycles. The number of halogens is 1. The molecule has 23 heavy (non-hydrogen) atoms. The molecule has 0 spiro atoms. The van der Waals surface area contributed by atoms with Gasteiger partial charge in [0.25, 0.3) is 5.91 Å². The Morgan fingerprint density at radius 2 is 1.96 bits per heavy atom. The van der Waals surface area contributed by atoms with Gasteiger partial charge in [0.1, 0.15) is 5.75 Å². The Kier molecular flexibility index (Phi) is 7.85. The minimum Gasteiger partial charge on any atom is -0.492 e. The van der Waals surface area contributed by atoms with Crippen LogP contribution in [-0.2, 0) is 4.79 Å². The van der Waals surface area contributed by atoms with Gasteiger partial charge < -0.3 is 20.7 Å². The van der Waals surface area contributed by atoms with Crippen molar-refractivity contribution in [1.29, 1.82) is 0 Å². The first-order valence-corrected chi connectivity index (χ1v) is 7.71. The van der Waals surface area contributed by atoms with Gasteiger partial charge in [0.05, 0.1) is 18.8 Å². The summed E-state index contributed by atoms with van der Waals surface area (Å²) in [6.07, 6.45) is 3.25. The molecule has 2 rings (SSSR count). The molecule has 1 saturated heterocycles. The van der Waals surface area contributed by atoms with Crippen LogP contribution in [0, 0.1) is 0 Å². The van der Waals surface area contributed by atoms with E-state index in [4.69, 9.17) is 10.5 Å². The van der Waals surface area contributed by atoms with E-state index in [0.29, 0.717) is 23.6 Å². The standard InChI is InChI=1S/C16H23N3O3.ClH/c1-2-22-14-7-6-12(10-13(14)18-15(20)11-17)16(21)19-8-4-3-5-9-19;/h6-7,10H,2-5,8-9,11,17H2,1H3,(H,18,20);1H. The van der Waals surface area contributed by atoms with Crippen molar-refractivity contribution >= 4 is 29.9 Å². The molecule has 1 aromatic rings. The summed E-state index contributed by atoms with van der Waals surface area (Å²) in [5, 5.41) is 2.68. The third-order valence-corrected chi connectivity index (χ3v) is 3.63. The van der Waals surface area contributed by atoms with Gasteiger partial charge in [0.15, 0.2) is 0 Å². The SMILES string of the molecule is CCOc1ccc(C(=O)N2CCCCC2)cc1NC(=O)CN.Cl. The van der Waals surface area contributed by atoms with E-state index >= 15 is 0 Å². The number of nitrogens with one attached hydrogen (secondary N) is 1. The zero-order valence-corrected chi connectivity index (χ0v) is 14.2. The Morgan fingerprint density at radius 3 is 2.57 bits per heavy atom. The van der Waals surface area contributed by atoms with Crippen molar-refractivity contribution in [2.24, 2.45) is 5.73 Å². The summed E-state index contributed by atoms with van der Waals surface area (Å²) in [5.74, 6) is 0.217. The molecular formula is C16H24ClN3O3. The Morgan fingerprint density at radius 1 is 1.26 bits per heavy atom. The van der Waals surface area contributed by atoms with Crippen molar-refractivity contribution in [2.75, 3.05) is 31.6 Å². The third-order valence-electron chi connectivity index (χ3n) is 3.63. The van der Waals surface area contributed by atoms with Crippen LogP contribution in [-0.4, -0.2) is 43.0 Å². The number of carbonyl (C=O) groups excluding carboxylic acids is 2. The van der Waals surface area contributed by atoms with Crippen LogP contribution in [0.2, 0.25) is 0 Å².